The molecule has 0 fully saturated rings. The van der Waals surface area contributed by atoms with Crippen molar-refractivity contribution in [3.05, 3.63) is 0 Å². The van der Waals surface area contributed by atoms with Crippen molar-refractivity contribution in [1.82, 2.24) is 0 Å². The summed E-state index contributed by atoms with van der Waals surface area (Å²) < 4.78 is 0. The Kier molecular flexibility index (Phi) is 11.9. The second-order valence-electron chi connectivity index (χ2n) is 6.46. The van der Waals surface area contributed by atoms with Crippen LogP contribution in [0.5, 0.6) is 0 Å². The van der Waals surface area contributed by atoms with Crippen LogP contribution in [0.4, 0.5) is 0 Å². The largest absolute Gasteiger partial charge is 0.480 e. The molecular weight excluding hydrogens is 312 g/mol. The predicted molar refractivity (Wildman–Crippen MR) is 91.0 cm³/mol. The molecule has 3 N–H and O–H groups in total. The maximum Gasteiger partial charge on any atom is 0.332 e. The zero-order valence-corrected chi connectivity index (χ0v) is 14.8. The third kappa shape index (κ3) is 7.79. The molecular formula is C18H32O6. The smallest absolute Gasteiger partial charge is 0.332 e. The Labute approximate surface area is 144 Å². The molecule has 0 saturated heterocycles. The summed E-state index contributed by atoms with van der Waals surface area (Å²) >= 11 is 0. The summed E-state index contributed by atoms with van der Waals surface area (Å²) in [7, 11) is 0. The molecule has 24 heavy (non-hydrogen) atoms. The van der Waals surface area contributed by atoms with Gasteiger partial charge < -0.3 is 15.3 Å². The van der Waals surface area contributed by atoms with E-state index in [0.717, 1.165) is 19.3 Å². The molecule has 0 aromatic rings. The van der Waals surface area contributed by atoms with Crippen molar-refractivity contribution in [3.8, 4) is 0 Å². The number of carbonyl (C=O) groups is 3. The van der Waals surface area contributed by atoms with Crippen molar-refractivity contribution in [1.29, 1.82) is 0 Å². The van der Waals surface area contributed by atoms with Crippen LogP contribution >= 0.6 is 0 Å². The van der Waals surface area contributed by atoms with Gasteiger partial charge in [0.2, 0.25) is 0 Å². The van der Waals surface area contributed by atoms with Crippen LogP contribution in [0.1, 0.15) is 90.4 Å². The molecule has 0 unspecified atom stereocenters. The fourth-order valence-electron chi connectivity index (χ4n) is 2.83. The first-order valence-corrected chi connectivity index (χ1v) is 9.09. The lowest BCUT2D eigenvalue weighted by Crippen LogP contribution is -2.46. The molecule has 0 aliphatic carbocycles. The van der Waals surface area contributed by atoms with E-state index in [4.69, 9.17) is 15.3 Å². The SMILES string of the molecule is CCCCCCCCCCCCCCC(C(=O)O)(C(=O)O)C(=O)O. The standard InChI is InChI=1S/C18H32O6/c1-2-3-4-5-6-7-8-9-10-11-12-13-14-18(15(19)20,16(21)22)17(23)24/h2-14H2,1H3,(H,19,20)(H,21,22)(H,23,24). The lowest BCUT2D eigenvalue weighted by atomic mass is 9.82. The first-order valence-electron chi connectivity index (χ1n) is 9.09. The normalized spacial score (nSPS) is 11.4. The third-order valence-corrected chi connectivity index (χ3v) is 4.50. The van der Waals surface area contributed by atoms with Crippen LogP contribution in [0.25, 0.3) is 0 Å². The molecule has 6 heteroatoms. The van der Waals surface area contributed by atoms with E-state index in [9.17, 15) is 14.4 Å². The van der Waals surface area contributed by atoms with Gasteiger partial charge in [0.15, 0.2) is 0 Å². The van der Waals surface area contributed by atoms with Crippen LogP contribution in [-0.4, -0.2) is 33.2 Å². The van der Waals surface area contributed by atoms with E-state index >= 15 is 0 Å². The number of aliphatic carboxylic acids is 3. The maximum absolute atomic E-state index is 11.1. The van der Waals surface area contributed by atoms with Crippen LogP contribution in [0.2, 0.25) is 0 Å². The highest BCUT2D eigenvalue weighted by atomic mass is 16.4. The van der Waals surface area contributed by atoms with Crippen molar-refractivity contribution < 1.29 is 29.7 Å². The topological polar surface area (TPSA) is 112 Å². The summed E-state index contributed by atoms with van der Waals surface area (Å²) in [5, 5.41) is 26.9. The third-order valence-electron chi connectivity index (χ3n) is 4.50. The Morgan fingerprint density at radius 3 is 1.17 bits per heavy atom. The second-order valence-corrected chi connectivity index (χ2v) is 6.46. The molecule has 0 heterocycles. The van der Waals surface area contributed by atoms with E-state index in [1.165, 1.54) is 44.9 Å². The van der Waals surface area contributed by atoms with Crippen molar-refractivity contribution in [2.45, 2.75) is 90.4 Å². The van der Waals surface area contributed by atoms with E-state index in [-0.39, 0.29) is 6.42 Å². The molecule has 0 saturated carbocycles. The molecule has 0 spiro atoms. The van der Waals surface area contributed by atoms with Gasteiger partial charge in [-0.1, -0.05) is 84.0 Å². The maximum atomic E-state index is 11.1. The average molecular weight is 344 g/mol. The Hall–Kier alpha value is -1.59. The second kappa shape index (κ2) is 12.8. The van der Waals surface area contributed by atoms with Gasteiger partial charge in [0, 0.05) is 0 Å². The molecule has 6 nitrogen and oxygen atoms in total. The van der Waals surface area contributed by atoms with E-state index < -0.39 is 23.3 Å². The first kappa shape index (κ1) is 22.4. The van der Waals surface area contributed by atoms with E-state index in [2.05, 4.69) is 6.92 Å². The molecule has 0 aromatic carbocycles. The van der Waals surface area contributed by atoms with Gasteiger partial charge >= 0.3 is 17.9 Å². The highest BCUT2D eigenvalue weighted by Crippen LogP contribution is 2.27. The van der Waals surface area contributed by atoms with Crippen molar-refractivity contribution in [3.63, 3.8) is 0 Å². The Bertz CT molecular complexity index is 355. The van der Waals surface area contributed by atoms with Crippen molar-refractivity contribution in [2.75, 3.05) is 0 Å². The molecule has 0 aromatic heterocycles. The highest BCUT2D eigenvalue weighted by molar-refractivity contribution is 6.16. The van der Waals surface area contributed by atoms with Crippen molar-refractivity contribution >= 4 is 17.9 Å². The van der Waals surface area contributed by atoms with E-state index in [0.29, 0.717) is 12.8 Å². The Balaban J connectivity index is 3.79. The monoisotopic (exact) mass is 344 g/mol. The van der Waals surface area contributed by atoms with Crippen LogP contribution in [0, 0.1) is 5.41 Å². The minimum atomic E-state index is -2.71. The zero-order valence-electron chi connectivity index (χ0n) is 14.8. The Morgan fingerprint density at radius 2 is 0.875 bits per heavy atom. The van der Waals surface area contributed by atoms with Crippen LogP contribution in [-0.2, 0) is 14.4 Å². The van der Waals surface area contributed by atoms with E-state index in [1.54, 1.807) is 0 Å². The average Bonchev–Trinajstić information content (AvgIpc) is 2.51. The molecule has 0 amide bonds. The van der Waals surface area contributed by atoms with Gasteiger partial charge in [0.1, 0.15) is 0 Å². The van der Waals surface area contributed by atoms with Crippen LogP contribution < -0.4 is 0 Å². The highest BCUT2D eigenvalue weighted by Gasteiger charge is 2.53. The summed E-state index contributed by atoms with van der Waals surface area (Å²) in [6, 6.07) is 0. The zero-order chi connectivity index (χ0) is 18.4. The van der Waals surface area contributed by atoms with Gasteiger partial charge in [-0.25, -0.2) is 0 Å². The summed E-state index contributed by atoms with van der Waals surface area (Å²) in [6.45, 7) is 2.20. The van der Waals surface area contributed by atoms with Crippen LogP contribution in [0.15, 0.2) is 0 Å². The summed E-state index contributed by atoms with van der Waals surface area (Å²) in [5.74, 6) is -5.40. The van der Waals surface area contributed by atoms with Crippen molar-refractivity contribution in [2.24, 2.45) is 5.41 Å². The molecule has 0 radical (unpaired) electrons. The Morgan fingerprint density at radius 1 is 0.583 bits per heavy atom. The fourth-order valence-corrected chi connectivity index (χ4v) is 2.83. The molecule has 140 valence electrons. The lowest BCUT2D eigenvalue weighted by molar-refractivity contribution is -0.176. The number of hydrogen-bond acceptors (Lipinski definition) is 3. The number of carboxylic acid groups (broad SMARTS) is 3. The number of hydrogen-bond donors (Lipinski definition) is 3. The molecule has 0 aliphatic rings. The van der Waals surface area contributed by atoms with Gasteiger partial charge in [-0.2, -0.15) is 0 Å². The van der Waals surface area contributed by atoms with Crippen LogP contribution in [0.3, 0.4) is 0 Å². The lowest BCUT2D eigenvalue weighted by Gasteiger charge is -2.19. The predicted octanol–water partition coefficient (Wildman–Crippen LogP) is 4.32. The minimum Gasteiger partial charge on any atom is -0.480 e. The summed E-state index contributed by atoms with van der Waals surface area (Å²) in [5.41, 5.74) is -2.71. The van der Waals surface area contributed by atoms with Gasteiger partial charge in [0.25, 0.3) is 5.41 Å². The summed E-state index contributed by atoms with van der Waals surface area (Å²) in [6.07, 6.45) is 12.5. The molecule has 0 bridgehead atoms. The van der Waals surface area contributed by atoms with Gasteiger partial charge in [-0.15, -0.1) is 0 Å². The quantitative estimate of drug-likeness (QED) is 0.284. The van der Waals surface area contributed by atoms with E-state index in [1.807, 2.05) is 0 Å². The first-order chi connectivity index (χ1) is 11.4. The molecule has 0 rings (SSSR count). The summed E-state index contributed by atoms with van der Waals surface area (Å²) in [4.78, 5) is 33.2. The molecule has 0 aliphatic heterocycles. The number of carboxylic acids is 3. The molecule has 0 atom stereocenters. The van der Waals surface area contributed by atoms with Gasteiger partial charge in [-0.05, 0) is 6.42 Å². The van der Waals surface area contributed by atoms with Gasteiger partial charge in [-0.3, -0.25) is 14.4 Å². The minimum absolute atomic E-state index is 0.294. The number of unbranched alkanes of at least 4 members (excludes halogenated alkanes) is 11. The van der Waals surface area contributed by atoms with Gasteiger partial charge in [0.05, 0.1) is 0 Å². The number of rotatable bonds is 16. The fraction of sp³-hybridized carbons (Fsp3) is 0.833.